The quantitative estimate of drug-likeness (QED) is 0.905. The first-order valence-corrected chi connectivity index (χ1v) is 7.70. The Kier molecular flexibility index (Phi) is 6.44. The zero-order chi connectivity index (χ0) is 17.8. The molecule has 0 spiro atoms. The number of hydrogen-bond donors (Lipinski definition) is 1. The molecule has 1 aliphatic heterocycles. The van der Waals surface area contributed by atoms with Crippen LogP contribution in [-0.4, -0.2) is 37.3 Å². The van der Waals surface area contributed by atoms with Crippen molar-refractivity contribution in [1.82, 2.24) is 0 Å². The van der Waals surface area contributed by atoms with Crippen LogP contribution in [0.1, 0.15) is 27.7 Å². The number of rotatable bonds is 2. The molecule has 0 aromatic heterocycles. The van der Waals surface area contributed by atoms with E-state index in [-0.39, 0.29) is 18.3 Å². The van der Waals surface area contributed by atoms with Crippen LogP contribution in [0.15, 0.2) is 24.3 Å². The molecule has 0 fully saturated rings. The SMILES string of the molecule is CC.CC(C)N1CC(N)C(=O)N(CC(F)(F)F)c2ccccc21. The summed E-state index contributed by atoms with van der Waals surface area (Å²) in [5.74, 6) is -0.706. The molecule has 0 bridgehead atoms. The maximum atomic E-state index is 12.8. The number of anilines is 2. The van der Waals surface area contributed by atoms with Gasteiger partial charge in [0, 0.05) is 12.6 Å². The van der Waals surface area contributed by atoms with Crippen LogP contribution in [0.25, 0.3) is 0 Å². The second-order valence-electron chi connectivity index (χ2n) is 5.38. The van der Waals surface area contributed by atoms with Crippen molar-refractivity contribution in [2.24, 2.45) is 5.73 Å². The number of carbonyl (C=O) groups is 1. The first-order chi connectivity index (χ1) is 10.7. The normalized spacial score (nSPS) is 18.3. The van der Waals surface area contributed by atoms with Crippen LogP contribution in [-0.2, 0) is 4.79 Å². The largest absolute Gasteiger partial charge is 0.406 e. The fraction of sp³-hybridized carbons (Fsp3) is 0.562. The monoisotopic (exact) mass is 331 g/mol. The average Bonchev–Trinajstić information content (AvgIpc) is 2.59. The standard InChI is InChI=1S/C14H18F3N3O.C2H6/c1-9(2)19-7-10(18)13(21)20(8-14(15,16)17)12-6-4-3-5-11(12)19;1-2/h3-6,9-10H,7-8,18H2,1-2H3;1-2H3. The molecule has 1 aliphatic rings. The van der Waals surface area contributed by atoms with Crippen LogP contribution in [0.5, 0.6) is 0 Å². The molecule has 2 rings (SSSR count). The number of nitrogens with two attached hydrogens (primary N) is 1. The minimum atomic E-state index is -4.48. The summed E-state index contributed by atoms with van der Waals surface area (Å²) < 4.78 is 38.3. The zero-order valence-electron chi connectivity index (χ0n) is 13.9. The van der Waals surface area contributed by atoms with Gasteiger partial charge in [0.05, 0.1) is 11.4 Å². The molecule has 0 saturated carbocycles. The van der Waals surface area contributed by atoms with Crippen molar-refractivity contribution in [3.8, 4) is 0 Å². The lowest BCUT2D eigenvalue weighted by molar-refractivity contribution is -0.132. The van der Waals surface area contributed by atoms with Crippen LogP contribution < -0.4 is 15.5 Å². The fourth-order valence-electron chi connectivity index (χ4n) is 2.47. The van der Waals surface area contributed by atoms with Crippen molar-refractivity contribution in [2.45, 2.75) is 46.0 Å². The van der Waals surface area contributed by atoms with Crippen LogP contribution in [0, 0.1) is 0 Å². The molecule has 23 heavy (non-hydrogen) atoms. The summed E-state index contributed by atoms with van der Waals surface area (Å²) in [6, 6.07) is 5.63. The summed E-state index contributed by atoms with van der Waals surface area (Å²) >= 11 is 0. The summed E-state index contributed by atoms with van der Waals surface area (Å²) in [5.41, 5.74) is 6.64. The molecule has 1 unspecified atom stereocenters. The molecule has 4 nitrogen and oxygen atoms in total. The second kappa shape index (κ2) is 7.68. The second-order valence-corrected chi connectivity index (χ2v) is 5.38. The Morgan fingerprint density at radius 2 is 1.74 bits per heavy atom. The molecule has 0 radical (unpaired) electrons. The molecular formula is C16H24F3N3O. The number of carbonyl (C=O) groups excluding carboxylic acids is 1. The van der Waals surface area contributed by atoms with Crippen molar-refractivity contribution in [3.63, 3.8) is 0 Å². The third kappa shape index (κ3) is 4.60. The van der Waals surface area contributed by atoms with E-state index in [1.165, 1.54) is 6.07 Å². The lowest BCUT2D eigenvalue weighted by atomic mass is 10.2. The van der Waals surface area contributed by atoms with Gasteiger partial charge in [-0.1, -0.05) is 26.0 Å². The van der Waals surface area contributed by atoms with Gasteiger partial charge in [0.25, 0.3) is 0 Å². The number of nitrogens with zero attached hydrogens (tertiary/aromatic N) is 2. The Hall–Kier alpha value is -1.76. The predicted octanol–water partition coefficient (Wildman–Crippen LogP) is 3.16. The van der Waals surface area contributed by atoms with E-state index >= 15 is 0 Å². The highest BCUT2D eigenvalue weighted by atomic mass is 19.4. The van der Waals surface area contributed by atoms with Gasteiger partial charge in [-0.2, -0.15) is 13.2 Å². The van der Waals surface area contributed by atoms with Crippen LogP contribution >= 0.6 is 0 Å². The van der Waals surface area contributed by atoms with Gasteiger partial charge in [0.2, 0.25) is 5.91 Å². The molecule has 130 valence electrons. The highest BCUT2D eigenvalue weighted by Gasteiger charge is 2.39. The summed E-state index contributed by atoms with van der Waals surface area (Å²) in [6.45, 7) is 6.69. The Balaban J connectivity index is 0.00000127. The van der Waals surface area contributed by atoms with E-state index in [0.29, 0.717) is 5.69 Å². The topological polar surface area (TPSA) is 49.6 Å². The number of hydrogen-bond acceptors (Lipinski definition) is 3. The van der Waals surface area contributed by atoms with Crippen molar-refractivity contribution in [2.75, 3.05) is 22.9 Å². The van der Waals surface area contributed by atoms with E-state index in [4.69, 9.17) is 5.73 Å². The molecule has 1 amide bonds. The number of benzene rings is 1. The van der Waals surface area contributed by atoms with Gasteiger partial charge in [-0.15, -0.1) is 0 Å². The van der Waals surface area contributed by atoms with Crippen LogP contribution in [0.3, 0.4) is 0 Å². The third-order valence-corrected chi connectivity index (χ3v) is 3.42. The molecule has 1 heterocycles. The Morgan fingerprint density at radius 3 is 2.22 bits per heavy atom. The van der Waals surface area contributed by atoms with Crippen molar-refractivity contribution < 1.29 is 18.0 Å². The zero-order valence-corrected chi connectivity index (χ0v) is 13.9. The molecule has 0 saturated heterocycles. The highest BCUT2D eigenvalue weighted by molar-refractivity contribution is 6.01. The summed E-state index contributed by atoms with van der Waals surface area (Å²) in [5, 5.41) is 0. The van der Waals surface area contributed by atoms with Crippen molar-refractivity contribution in [3.05, 3.63) is 24.3 Å². The first kappa shape index (κ1) is 19.3. The third-order valence-electron chi connectivity index (χ3n) is 3.42. The minimum Gasteiger partial charge on any atom is -0.365 e. The van der Waals surface area contributed by atoms with Crippen molar-refractivity contribution in [1.29, 1.82) is 0 Å². The lowest BCUT2D eigenvalue weighted by Gasteiger charge is -2.30. The van der Waals surface area contributed by atoms with E-state index in [0.717, 1.165) is 4.90 Å². The van der Waals surface area contributed by atoms with E-state index < -0.39 is 24.7 Å². The average molecular weight is 331 g/mol. The first-order valence-electron chi connectivity index (χ1n) is 7.70. The minimum absolute atomic E-state index is 0.0239. The maximum absolute atomic E-state index is 12.8. The predicted molar refractivity (Wildman–Crippen MR) is 86.7 cm³/mol. The van der Waals surface area contributed by atoms with Crippen LogP contribution in [0.4, 0.5) is 24.5 Å². The van der Waals surface area contributed by atoms with Gasteiger partial charge in [-0.05, 0) is 26.0 Å². The van der Waals surface area contributed by atoms with Gasteiger partial charge in [-0.25, -0.2) is 0 Å². The highest BCUT2D eigenvalue weighted by Crippen LogP contribution is 2.35. The van der Waals surface area contributed by atoms with E-state index in [9.17, 15) is 18.0 Å². The molecular weight excluding hydrogens is 307 g/mol. The number of fused-ring (bicyclic) bond motifs is 1. The van der Waals surface area contributed by atoms with Gasteiger partial charge in [0.15, 0.2) is 0 Å². The smallest absolute Gasteiger partial charge is 0.365 e. The van der Waals surface area contributed by atoms with E-state index in [1.54, 1.807) is 18.2 Å². The fourth-order valence-corrected chi connectivity index (χ4v) is 2.47. The van der Waals surface area contributed by atoms with Gasteiger partial charge < -0.3 is 10.6 Å². The van der Waals surface area contributed by atoms with Gasteiger partial charge >= 0.3 is 6.18 Å². The summed E-state index contributed by atoms with van der Waals surface area (Å²) in [6.07, 6.45) is -4.48. The van der Waals surface area contributed by atoms with E-state index in [2.05, 4.69) is 0 Å². The van der Waals surface area contributed by atoms with Crippen LogP contribution in [0.2, 0.25) is 0 Å². The van der Waals surface area contributed by atoms with Crippen molar-refractivity contribution >= 4 is 17.3 Å². The molecule has 0 aliphatic carbocycles. The maximum Gasteiger partial charge on any atom is 0.406 e. The van der Waals surface area contributed by atoms with Gasteiger partial charge in [0.1, 0.15) is 12.6 Å². The molecule has 7 heteroatoms. The van der Waals surface area contributed by atoms with Gasteiger partial charge in [-0.3, -0.25) is 9.69 Å². The molecule has 1 aromatic carbocycles. The number of para-hydroxylation sites is 2. The number of alkyl halides is 3. The molecule has 2 N–H and O–H groups in total. The molecule has 1 aromatic rings. The Morgan fingerprint density at radius 1 is 1.22 bits per heavy atom. The molecule has 1 atom stereocenters. The number of amides is 1. The Labute approximate surface area is 135 Å². The summed E-state index contributed by atoms with van der Waals surface area (Å²) in [4.78, 5) is 14.8. The number of halogens is 3. The lowest BCUT2D eigenvalue weighted by Crippen LogP contribution is -2.50. The van der Waals surface area contributed by atoms with E-state index in [1.807, 2.05) is 32.6 Å². The Bertz CT molecular complexity index is 532. The summed E-state index contributed by atoms with van der Waals surface area (Å²) in [7, 11) is 0.